The summed E-state index contributed by atoms with van der Waals surface area (Å²) in [5.41, 5.74) is 0. The molecule has 2 N–H and O–H groups in total. The van der Waals surface area contributed by atoms with Crippen molar-refractivity contribution in [2.24, 2.45) is 0 Å². The summed E-state index contributed by atoms with van der Waals surface area (Å²) in [6.07, 6.45) is -2.00. The maximum atomic E-state index is 13.4. The molecule has 1 aromatic carbocycles. The number of nitrogens with zero attached hydrogens (tertiary/aromatic N) is 1. The Hall–Kier alpha value is -2.31. The summed E-state index contributed by atoms with van der Waals surface area (Å²) in [6, 6.07) is 4.55. The van der Waals surface area contributed by atoms with E-state index in [1.54, 1.807) is 6.07 Å². The zero-order chi connectivity index (χ0) is 14.0. The van der Waals surface area contributed by atoms with Crippen molar-refractivity contribution in [2.75, 3.05) is 6.54 Å². The van der Waals surface area contributed by atoms with E-state index >= 15 is 0 Å². The number of ether oxygens (including phenoxy) is 1. The molecule has 1 aliphatic heterocycles. The minimum atomic E-state index is -1.33. The fourth-order valence-electron chi connectivity index (χ4n) is 2.05. The Morgan fingerprint density at radius 2 is 2.00 bits per heavy atom. The van der Waals surface area contributed by atoms with Crippen LogP contribution >= 0.6 is 0 Å². The number of halogens is 1. The van der Waals surface area contributed by atoms with Gasteiger partial charge in [-0.25, -0.2) is 14.0 Å². The maximum Gasteiger partial charge on any atom is 0.408 e. The monoisotopic (exact) mass is 269 g/mol. The van der Waals surface area contributed by atoms with Crippen LogP contribution in [0, 0.1) is 5.82 Å². The highest BCUT2D eigenvalue weighted by Gasteiger charge is 2.41. The van der Waals surface area contributed by atoms with Gasteiger partial charge in [0.1, 0.15) is 12.1 Å². The van der Waals surface area contributed by atoms with Gasteiger partial charge >= 0.3 is 12.1 Å². The van der Waals surface area contributed by atoms with E-state index in [0.29, 0.717) is 0 Å². The summed E-state index contributed by atoms with van der Waals surface area (Å²) in [4.78, 5) is 22.6. The van der Waals surface area contributed by atoms with Crippen molar-refractivity contribution in [3.8, 4) is 5.75 Å². The van der Waals surface area contributed by atoms with Gasteiger partial charge in [0.25, 0.3) is 0 Å². The molecule has 1 heterocycles. The predicted molar refractivity (Wildman–Crippen MR) is 61.6 cm³/mol. The summed E-state index contributed by atoms with van der Waals surface area (Å²) in [5.74, 6) is -1.81. The fraction of sp³-hybridized carbons (Fsp3) is 0.333. The highest BCUT2D eigenvalue weighted by atomic mass is 19.1. The highest BCUT2D eigenvalue weighted by molar-refractivity contribution is 5.80. The molecule has 7 heteroatoms. The van der Waals surface area contributed by atoms with Crippen LogP contribution in [0.15, 0.2) is 24.3 Å². The Balaban J connectivity index is 2.10. The van der Waals surface area contributed by atoms with Crippen molar-refractivity contribution in [2.45, 2.75) is 18.6 Å². The van der Waals surface area contributed by atoms with Gasteiger partial charge in [-0.05, 0) is 12.1 Å². The number of likely N-dealkylation sites (tertiary alicyclic amines) is 1. The van der Waals surface area contributed by atoms with Gasteiger partial charge in [0, 0.05) is 6.42 Å². The quantitative estimate of drug-likeness (QED) is 0.866. The third-order valence-electron chi connectivity index (χ3n) is 2.92. The van der Waals surface area contributed by atoms with Crippen molar-refractivity contribution in [1.82, 2.24) is 4.90 Å². The first kappa shape index (κ1) is 13.1. The second-order valence-electron chi connectivity index (χ2n) is 4.19. The average Bonchev–Trinajstić information content (AvgIpc) is 2.76. The minimum Gasteiger partial charge on any atom is -0.485 e. The molecule has 102 valence electrons. The predicted octanol–water partition coefficient (Wildman–Crippen LogP) is 1.41. The largest absolute Gasteiger partial charge is 0.485 e. The van der Waals surface area contributed by atoms with Gasteiger partial charge in [-0.1, -0.05) is 12.1 Å². The number of amides is 1. The fourth-order valence-corrected chi connectivity index (χ4v) is 2.05. The summed E-state index contributed by atoms with van der Waals surface area (Å²) >= 11 is 0. The van der Waals surface area contributed by atoms with Crippen LogP contribution in [-0.2, 0) is 4.79 Å². The van der Waals surface area contributed by atoms with Gasteiger partial charge < -0.3 is 14.9 Å². The van der Waals surface area contributed by atoms with Crippen molar-refractivity contribution in [1.29, 1.82) is 0 Å². The lowest BCUT2D eigenvalue weighted by atomic mass is 10.2. The van der Waals surface area contributed by atoms with Crippen molar-refractivity contribution in [3.63, 3.8) is 0 Å². The molecule has 2 rings (SSSR count). The molecule has 0 aliphatic carbocycles. The molecule has 6 nitrogen and oxygen atoms in total. The number of benzene rings is 1. The van der Waals surface area contributed by atoms with Crippen molar-refractivity contribution in [3.05, 3.63) is 30.1 Å². The van der Waals surface area contributed by atoms with Gasteiger partial charge in [-0.2, -0.15) is 0 Å². The lowest BCUT2D eigenvalue weighted by Crippen LogP contribution is -2.39. The number of aliphatic carboxylic acids is 1. The molecule has 0 radical (unpaired) electrons. The van der Waals surface area contributed by atoms with E-state index in [1.165, 1.54) is 18.2 Å². The third kappa shape index (κ3) is 2.75. The number of carboxylic acid groups (broad SMARTS) is 2. The van der Waals surface area contributed by atoms with E-state index in [1.807, 2.05) is 0 Å². The summed E-state index contributed by atoms with van der Waals surface area (Å²) in [7, 11) is 0. The number of carbonyl (C=O) groups is 2. The van der Waals surface area contributed by atoms with Gasteiger partial charge in [0.05, 0.1) is 6.54 Å². The number of para-hydroxylation sites is 1. The number of hydrogen-bond donors (Lipinski definition) is 2. The molecule has 1 saturated heterocycles. The van der Waals surface area contributed by atoms with Crippen LogP contribution in [0.5, 0.6) is 5.75 Å². The molecule has 2 atom stereocenters. The van der Waals surface area contributed by atoms with E-state index in [0.717, 1.165) is 4.90 Å². The Morgan fingerprint density at radius 3 is 2.53 bits per heavy atom. The average molecular weight is 269 g/mol. The first-order chi connectivity index (χ1) is 8.99. The maximum absolute atomic E-state index is 13.4. The Morgan fingerprint density at radius 1 is 1.32 bits per heavy atom. The Kier molecular flexibility index (Phi) is 3.55. The molecule has 0 aromatic heterocycles. The van der Waals surface area contributed by atoms with Crippen LogP contribution in [-0.4, -0.2) is 45.9 Å². The molecule has 0 unspecified atom stereocenters. The van der Waals surface area contributed by atoms with E-state index in [-0.39, 0.29) is 18.7 Å². The van der Waals surface area contributed by atoms with E-state index < -0.39 is 30.0 Å². The van der Waals surface area contributed by atoms with Crippen LogP contribution in [0.25, 0.3) is 0 Å². The van der Waals surface area contributed by atoms with Crippen molar-refractivity contribution >= 4 is 12.1 Å². The van der Waals surface area contributed by atoms with Gasteiger partial charge in [-0.3, -0.25) is 4.90 Å². The SMILES string of the molecule is O=C(O)[C@@H]1C[C@H](Oc2ccccc2F)CN1C(=O)O. The molecule has 0 saturated carbocycles. The molecule has 1 aromatic rings. The van der Waals surface area contributed by atoms with Crippen LogP contribution in [0.2, 0.25) is 0 Å². The first-order valence-electron chi connectivity index (χ1n) is 5.62. The highest BCUT2D eigenvalue weighted by Crippen LogP contribution is 2.25. The van der Waals surface area contributed by atoms with E-state index in [4.69, 9.17) is 14.9 Å². The van der Waals surface area contributed by atoms with Gasteiger partial charge in [0.15, 0.2) is 11.6 Å². The molecular weight excluding hydrogens is 257 g/mol. The van der Waals surface area contributed by atoms with E-state index in [2.05, 4.69) is 0 Å². The normalized spacial score (nSPS) is 22.3. The lowest BCUT2D eigenvalue weighted by molar-refractivity contribution is -0.141. The minimum absolute atomic E-state index is 0.00400. The molecule has 1 amide bonds. The van der Waals surface area contributed by atoms with Gasteiger partial charge in [0.2, 0.25) is 0 Å². The number of hydrogen-bond acceptors (Lipinski definition) is 3. The third-order valence-corrected chi connectivity index (χ3v) is 2.92. The summed E-state index contributed by atoms with van der Waals surface area (Å²) in [5, 5.41) is 17.8. The van der Waals surface area contributed by atoms with E-state index in [9.17, 15) is 14.0 Å². The zero-order valence-corrected chi connectivity index (χ0v) is 9.82. The molecular formula is C12H12FNO5. The number of rotatable bonds is 3. The molecule has 1 aliphatic rings. The zero-order valence-electron chi connectivity index (χ0n) is 9.82. The standard InChI is InChI=1S/C12H12FNO5/c13-8-3-1-2-4-10(8)19-7-5-9(11(15)16)14(6-7)12(17)18/h1-4,7,9H,5-6H2,(H,15,16)(H,17,18)/t7-,9-/m0/s1. The number of carboxylic acids is 1. The first-order valence-corrected chi connectivity index (χ1v) is 5.62. The molecule has 0 spiro atoms. The topological polar surface area (TPSA) is 87.1 Å². The van der Waals surface area contributed by atoms with Crippen LogP contribution in [0.3, 0.4) is 0 Å². The molecule has 19 heavy (non-hydrogen) atoms. The van der Waals surface area contributed by atoms with Crippen LogP contribution < -0.4 is 4.74 Å². The Bertz CT molecular complexity index is 485. The second kappa shape index (κ2) is 5.13. The Labute approximate surface area is 108 Å². The lowest BCUT2D eigenvalue weighted by Gasteiger charge is -2.16. The summed E-state index contributed by atoms with van der Waals surface area (Å²) in [6.45, 7) is -0.0966. The second-order valence-corrected chi connectivity index (χ2v) is 4.19. The molecule has 0 bridgehead atoms. The van der Waals surface area contributed by atoms with Crippen LogP contribution in [0.1, 0.15) is 6.42 Å². The summed E-state index contributed by atoms with van der Waals surface area (Å²) < 4.78 is 18.7. The molecule has 1 fully saturated rings. The van der Waals surface area contributed by atoms with Gasteiger partial charge in [-0.15, -0.1) is 0 Å². The van der Waals surface area contributed by atoms with Crippen molar-refractivity contribution < 1.29 is 28.9 Å². The smallest absolute Gasteiger partial charge is 0.408 e. The van der Waals surface area contributed by atoms with Crippen LogP contribution in [0.4, 0.5) is 9.18 Å².